The smallest absolute Gasteiger partial charge is 0.226 e. The van der Waals surface area contributed by atoms with E-state index in [1.165, 1.54) is 70.9 Å². The number of hydrogen-bond acceptors (Lipinski definition) is 9. The van der Waals surface area contributed by atoms with E-state index in [2.05, 4.69) is 30.7 Å². The van der Waals surface area contributed by atoms with Crippen molar-refractivity contribution >= 4 is 17.6 Å². The summed E-state index contributed by atoms with van der Waals surface area (Å²) in [5.41, 5.74) is 6.17. The van der Waals surface area contributed by atoms with Crippen LogP contribution in [-0.4, -0.2) is 93.0 Å². The van der Waals surface area contributed by atoms with E-state index < -0.39 is 0 Å². The van der Waals surface area contributed by atoms with Crippen LogP contribution < -0.4 is 26.6 Å². The Bertz CT molecular complexity index is 855. The van der Waals surface area contributed by atoms with Crippen LogP contribution in [0.5, 0.6) is 0 Å². The maximum Gasteiger partial charge on any atom is 0.226 e. The average Bonchev–Trinajstić information content (AvgIpc) is 3.58. The number of nitrogens with one attached hydrogen (secondary N) is 3. The zero-order valence-corrected chi connectivity index (χ0v) is 24.4. The van der Waals surface area contributed by atoms with Crippen LogP contribution in [0.4, 0.5) is 17.6 Å². The lowest BCUT2D eigenvalue weighted by Crippen LogP contribution is -2.47. The number of fused-ring (bicyclic) bond motifs is 2. The Balaban J connectivity index is 0.935. The maximum absolute atomic E-state index is 6.17. The molecule has 3 aliphatic carbocycles. The van der Waals surface area contributed by atoms with Crippen molar-refractivity contribution in [2.75, 3.05) is 88.1 Å². The molecule has 1 saturated heterocycles. The van der Waals surface area contributed by atoms with Crippen LogP contribution >= 0.6 is 0 Å². The van der Waals surface area contributed by atoms with Gasteiger partial charge in [0.1, 0.15) is 11.6 Å². The predicted octanol–water partition coefficient (Wildman–Crippen LogP) is 3.19. The quantitative estimate of drug-likeness (QED) is 0.249. The van der Waals surface area contributed by atoms with E-state index in [1.54, 1.807) is 0 Å². The first-order valence-electron chi connectivity index (χ1n) is 16.0. The second kappa shape index (κ2) is 14.8. The molecule has 3 atom stereocenters. The Hall–Kier alpha value is -1.68. The van der Waals surface area contributed by atoms with E-state index >= 15 is 0 Å². The molecule has 4 fully saturated rings. The van der Waals surface area contributed by atoms with Crippen LogP contribution in [0.1, 0.15) is 64.7 Å². The number of aromatic nitrogens is 2. The largest absolute Gasteiger partial charge is 0.383 e. The molecule has 1 aromatic heterocycles. The Kier molecular flexibility index (Phi) is 10.9. The molecule has 1 aliphatic heterocycles. The topological polar surface area (TPSA) is 104 Å². The van der Waals surface area contributed by atoms with E-state index in [0.29, 0.717) is 17.7 Å². The molecule has 0 aromatic carbocycles. The molecule has 9 heteroatoms. The van der Waals surface area contributed by atoms with Crippen LogP contribution in [0.2, 0.25) is 0 Å². The molecular weight excluding hydrogens is 488 g/mol. The van der Waals surface area contributed by atoms with Gasteiger partial charge in [-0.3, -0.25) is 4.90 Å². The van der Waals surface area contributed by atoms with Gasteiger partial charge in [0, 0.05) is 58.0 Å². The van der Waals surface area contributed by atoms with Gasteiger partial charge in [-0.25, -0.2) is 0 Å². The highest BCUT2D eigenvalue weighted by Gasteiger charge is 2.38. The number of rotatable bonds is 15. The second-order valence-corrected chi connectivity index (χ2v) is 12.6. The van der Waals surface area contributed by atoms with Crippen molar-refractivity contribution in [1.82, 2.24) is 25.5 Å². The molecule has 0 radical (unpaired) electrons. The molecule has 9 nitrogen and oxygen atoms in total. The lowest BCUT2D eigenvalue weighted by Gasteiger charge is -2.35. The van der Waals surface area contributed by atoms with Gasteiger partial charge in [-0.2, -0.15) is 9.97 Å². The lowest BCUT2D eigenvalue weighted by atomic mass is 9.82. The maximum atomic E-state index is 6.17. The summed E-state index contributed by atoms with van der Waals surface area (Å²) in [6.45, 7) is 13.0. The fourth-order valence-corrected chi connectivity index (χ4v) is 7.41. The Morgan fingerprint density at radius 3 is 2.46 bits per heavy atom. The molecule has 2 bridgehead atoms. The average molecular weight is 543 g/mol. The molecule has 3 saturated carbocycles. The molecule has 0 amide bonds. The molecule has 0 spiro atoms. The van der Waals surface area contributed by atoms with E-state index in [1.807, 2.05) is 13.0 Å². The number of piperazine rings is 1. The molecule has 0 unspecified atom stereocenters. The summed E-state index contributed by atoms with van der Waals surface area (Å²) in [4.78, 5) is 14.1. The third-order valence-corrected chi connectivity index (χ3v) is 9.81. The first-order chi connectivity index (χ1) is 19.2. The van der Waals surface area contributed by atoms with Crippen LogP contribution in [0.3, 0.4) is 0 Å². The zero-order chi connectivity index (χ0) is 26.9. The van der Waals surface area contributed by atoms with Gasteiger partial charge in [-0.15, -0.1) is 0 Å². The van der Waals surface area contributed by atoms with Gasteiger partial charge < -0.3 is 31.3 Å². The van der Waals surface area contributed by atoms with E-state index in [9.17, 15) is 0 Å². The molecule has 1 aromatic rings. The third kappa shape index (κ3) is 8.65. The summed E-state index contributed by atoms with van der Waals surface area (Å²) in [5, 5.41) is 11.1. The van der Waals surface area contributed by atoms with Crippen molar-refractivity contribution < 1.29 is 4.74 Å². The fourth-order valence-electron chi connectivity index (χ4n) is 7.41. The monoisotopic (exact) mass is 542 g/mol. The highest BCUT2D eigenvalue weighted by Crippen LogP contribution is 2.44. The van der Waals surface area contributed by atoms with Crippen LogP contribution in [0.15, 0.2) is 6.07 Å². The van der Waals surface area contributed by atoms with Gasteiger partial charge in [0.15, 0.2) is 0 Å². The fraction of sp³-hybridized carbons (Fsp3) is 0.867. The summed E-state index contributed by atoms with van der Waals surface area (Å²) in [6.07, 6.45) is 12.3. The van der Waals surface area contributed by atoms with Crippen molar-refractivity contribution in [2.24, 2.45) is 23.7 Å². The van der Waals surface area contributed by atoms with Crippen LogP contribution in [0.25, 0.3) is 0 Å². The Morgan fingerprint density at radius 1 is 0.949 bits per heavy atom. The molecule has 5 N–H and O–H groups in total. The van der Waals surface area contributed by atoms with Crippen molar-refractivity contribution in [3.63, 3.8) is 0 Å². The highest BCUT2D eigenvalue weighted by atomic mass is 16.5. The molecule has 5 rings (SSSR count). The SMILES string of the molecule is CCOCCN1CCN(c2cc(N)nc(NCC3CCC(CNCCCN[C@H]4C[C@@H]5CC[C@H]4C5)CC3)n2)CC1. The van der Waals surface area contributed by atoms with Gasteiger partial charge >= 0.3 is 0 Å². The summed E-state index contributed by atoms with van der Waals surface area (Å²) in [7, 11) is 0. The van der Waals surface area contributed by atoms with Gasteiger partial charge in [0.25, 0.3) is 0 Å². The van der Waals surface area contributed by atoms with Gasteiger partial charge in [0.2, 0.25) is 5.95 Å². The number of ether oxygens (including phenoxy) is 1. The van der Waals surface area contributed by atoms with Crippen LogP contribution in [0, 0.1) is 23.7 Å². The molecule has 220 valence electrons. The second-order valence-electron chi connectivity index (χ2n) is 12.6. The minimum Gasteiger partial charge on any atom is -0.383 e. The Labute approximate surface area is 236 Å². The van der Waals surface area contributed by atoms with Crippen molar-refractivity contribution in [3.05, 3.63) is 6.07 Å². The molecule has 4 aliphatic rings. The van der Waals surface area contributed by atoms with Crippen molar-refractivity contribution in [1.29, 1.82) is 0 Å². The first kappa shape index (κ1) is 28.8. The highest BCUT2D eigenvalue weighted by molar-refractivity contribution is 5.51. The minimum atomic E-state index is 0.543. The number of anilines is 3. The minimum absolute atomic E-state index is 0.543. The summed E-state index contributed by atoms with van der Waals surface area (Å²) in [5.74, 6) is 5.69. The Morgan fingerprint density at radius 2 is 1.74 bits per heavy atom. The van der Waals surface area contributed by atoms with Crippen molar-refractivity contribution in [2.45, 2.75) is 70.8 Å². The van der Waals surface area contributed by atoms with Gasteiger partial charge in [-0.1, -0.05) is 6.42 Å². The molecular formula is C30H54N8O. The third-order valence-electron chi connectivity index (χ3n) is 9.81. The first-order valence-corrected chi connectivity index (χ1v) is 16.0. The van der Waals surface area contributed by atoms with E-state index in [-0.39, 0.29) is 0 Å². The normalized spacial score (nSPS) is 29.3. The van der Waals surface area contributed by atoms with Gasteiger partial charge in [0.05, 0.1) is 6.61 Å². The number of nitrogens with zero attached hydrogens (tertiary/aromatic N) is 4. The number of nitrogens with two attached hydrogens (primary N) is 1. The van der Waals surface area contributed by atoms with Crippen LogP contribution in [-0.2, 0) is 4.74 Å². The summed E-state index contributed by atoms with van der Waals surface area (Å²) < 4.78 is 5.51. The predicted molar refractivity (Wildman–Crippen MR) is 160 cm³/mol. The lowest BCUT2D eigenvalue weighted by molar-refractivity contribution is 0.111. The number of hydrogen-bond donors (Lipinski definition) is 4. The molecule has 39 heavy (non-hydrogen) atoms. The van der Waals surface area contributed by atoms with Crippen molar-refractivity contribution in [3.8, 4) is 0 Å². The summed E-state index contributed by atoms with van der Waals surface area (Å²) in [6, 6.07) is 2.73. The number of nitrogen functional groups attached to an aromatic ring is 1. The zero-order valence-electron chi connectivity index (χ0n) is 24.4. The van der Waals surface area contributed by atoms with E-state index in [4.69, 9.17) is 15.5 Å². The molecule has 2 heterocycles. The van der Waals surface area contributed by atoms with Gasteiger partial charge in [-0.05, 0) is 102 Å². The van der Waals surface area contributed by atoms with E-state index in [0.717, 1.165) is 88.6 Å². The standard InChI is InChI=1S/C30H54N8O/c1-2-39-17-16-37-12-14-38(15-13-37)29-20-28(31)35-30(36-29)34-22-24-6-4-23(5-7-24)21-32-10-3-11-33-27-19-25-8-9-26(27)18-25/h20,23-27,32-33H,2-19,21-22H2,1H3,(H3,31,34,35,36)/t23?,24?,25-,26+,27+/m1/s1. The summed E-state index contributed by atoms with van der Waals surface area (Å²) >= 11 is 0.